The van der Waals surface area contributed by atoms with Gasteiger partial charge in [-0.1, -0.05) is 29.8 Å². The molecule has 1 aliphatic heterocycles. The number of nitriles is 2. The summed E-state index contributed by atoms with van der Waals surface area (Å²) >= 11 is 0. The number of aryl methyl sites for hydroxylation is 1. The molecule has 0 amide bonds. The molecule has 6 nitrogen and oxygen atoms in total. The lowest BCUT2D eigenvalue weighted by Gasteiger charge is -2.17. The lowest BCUT2D eigenvalue weighted by molar-refractivity contribution is 0.101. The molecule has 0 aliphatic carbocycles. The Kier molecular flexibility index (Phi) is 5.21. The first-order valence-corrected chi connectivity index (χ1v) is 8.35. The van der Waals surface area contributed by atoms with E-state index in [4.69, 9.17) is 15.3 Å². The van der Waals surface area contributed by atoms with E-state index in [-0.39, 0.29) is 42.7 Å². The molecule has 6 heteroatoms. The van der Waals surface area contributed by atoms with Crippen LogP contribution in [0, 0.1) is 29.6 Å². The van der Waals surface area contributed by atoms with Gasteiger partial charge in [0, 0.05) is 6.54 Å². The number of phenols is 1. The van der Waals surface area contributed by atoms with Crippen LogP contribution in [0.3, 0.4) is 0 Å². The van der Waals surface area contributed by atoms with Crippen LogP contribution in [0.15, 0.2) is 42.2 Å². The highest BCUT2D eigenvalue weighted by Gasteiger charge is 2.31. The molecule has 0 saturated carbocycles. The molecular weight excluding hydrogens is 342 g/mol. The number of aromatic hydroxyl groups is 1. The van der Waals surface area contributed by atoms with Gasteiger partial charge in [0.15, 0.2) is 5.76 Å². The lowest BCUT2D eigenvalue weighted by Crippen LogP contribution is -2.24. The molecule has 2 aromatic carbocycles. The Bertz CT molecular complexity index is 979. The minimum Gasteiger partial charge on any atom is -0.507 e. The summed E-state index contributed by atoms with van der Waals surface area (Å²) in [5, 5.41) is 28.1. The summed E-state index contributed by atoms with van der Waals surface area (Å²) < 4.78 is 5.78. The molecule has 1 aliphatic rings. The zero-order chi connectivity index (χ0) is 19.4. The van der Waals surface area contributed by atoms with Crippen LogP contribution < -0.4 is 4.74 Å². The Morgan fingerprint density at radius 2 is 1.78 bits per heavy atom. The van der Waals surface area contributed by atoms with E-state index in [0.29, 0.717) is 11.1 Å². The number of allylic oxidation sites excluding steroid dienone is 1. The predicted molar refractivity (Wildman–Crippen MR) is 98.7 cm³/mol. The molecule has 0 bridgehead atoms. The fraction of sp³-hybridized carbons (Fsp3) is 0.190. The summed E-state index contributed by atoms with van der Waals surface area (Å²) in [7, 11) is 0. The van der Waals surface area contributed by atoms with Gasteiger partial charge in [0.25, 0.3) is 0 Å². The zero-order valence-corrected chi connectivity index (χ0v) is 14.8. The first-order chi connectivity index (χ1) is 13.0. The van der Waals surface area contributed by atoms with Gasteiger partial charge >= 0.3 is 0 Å². The van der Waals surface area contributed by atoms with Gasteiger partial charge in [-0.05, 0) is 30.7 Å². The van der Waals surface area contributed by atoms with E-state index >= 15 is 0 Å². The number of phenolic OH excluding ortho intramolecular Hbond substituents is 1. The minimum atomic E-state index is -0.265. The number of nitrogens with zero attached hydrogens (tertiary/aromatic N) is 3. The van der Waals surface area contributed by atoms with E-state index < -0.39 is 0 Å². The Morgan fingerprint density at radius 1 is 1.11 bits per heavy atom. The highest BCUT2D eigenvalue weighted by molar-refractivity contribution is 6.15. The number of ether oxygens (including phenoxy) is 1. The van der Waals surface area contributed by atoms with Crippen molar-refractivity contribution in [2.75, 3.05) is 13.1 Å². The SMILES string of the molecule is Cc1ccc(C=C2Oc3c(ccc(O)c3CN(CC#N)CC#N)C2=O)cc1. The molecule has 1 N–H and O–H groups in total. The first-order valence-electron chi connectivity index (χ1n) is 8.35. The summed E-state index contributed by atoms with van der Waals surface area (Å²) in [5.41, 5.74) is 2.69. The summed E-state index contributed by atoms with van der Waals surface area (Å²) in [6, 6.07) is 14.6. The van der Waals surface area contributed by atoms with Crippen LogP contribution >= 0.6 is 0 Å². The van der Waals surface area contributed by atoms with Crippen molar-refractivity contribution >= 4 is 11.9 Å². The van der Waals surface area contributed by atoms with E-state index in [9.17, 15) is 9.90 Å². The predicted octanol–water partition coefficient (Wildman–Crippen LogP) is 3.17. The topological polar surface area (TPSA) is 97.3 Å². The number of carbonyl (C=O) groups excluding carboxylic acids is 1. The Hall–Kier alpha value is -3.61. The Morgan fingerprint density at radius 3 is 2.41 bits per heavy atom. The monoisotopic (exact) mass is 359 g/mol. The van der Waals surface area contributed by atoms with Crippen molar-refractivity contribution in [2.45, 2.75) is 13.5 Å². The molecule has 0 radical (unpaired) electrons. The van der Waals surface area contributed by atoms with E-state index in [1.807, 2.05) is 43.3 Å². The molecule has 134 valence electrons. The van der Waals surface area contributed by atoms with Crippen LogP contribution in [0.25, 0.3) is 6.08 Å². The van der Waals surface area contributed by atoms with Gasteiger partial charge in [-0.25, -0.2) is 0 Å². The third-order valence-electron chi connectivity index (χ3n) is 4.26. The number of carbonyl (C=O) groups is 1. The molecule has 0 aromatic heterocycles. The first kappa shape index (κ1) is 18.2. The third-order valence-corrected chi connectivity index (χ3v) is 4.26. The molecule has 0 fully saturated rings. The fourth-order valence-corrected chi connectivity index (χ4v) is 2.86. The van der Waals surface area contributed by atoms with Gasteiger partial charge in [0.1, 0.15) is 11.5 Å². The quantitative estimate of drug-likeness (QED) is 0.650. The number of hydrogen-bond donors (Lipinski definition) is 1. The number of hydrogen-bond acceptors (Lipinski definition) is 6. The number of ketones is 1. The van der Waals surface area contributed by atoms with Gasteiger partial charge in [-0.2, -0.15) is 10.5 Å². The van der Waals surface area contributed by atoms with Crippen LogP contribution in [0.5, 0.6) is 11.5 Å². The van der Waals surface area contributed by atoms with Crippen LogP contribution in [0.4, 0.5) is 0 Å². The maximum Gasteiger partial charge on any atom is 0.231 e. The third kappa shape index (κ3) is 3.82. The summed E-state index contributed by atoms with van der Waals surface area (Å²) in [4.78, 5) is 14.2. The van der Waals surface area contributed by atoms with Crippen LogP contribution in [0.2, 0.25) is 0 Å². The van der Waals surface area contributed by atoms with Gasteiger partial charge < -0.3 is 9.84 Å². The van der Waals surface area contributed by atoms with Crippen molar-refractivity contribution in [3.05, 3.63) is 64.4 Å². The van der Waals surface area contributed by atoms with Crippen LogP contribution in [0.1, 0.15) is 27.0 Å². The van der Waals surface area contributed by atoms with E-state index in [1.54, 1.807) is 11.0 Å². The van der Waals surface area contributed by atoms with Crippen molar-refractivity contribution in [1.29, 1.82) is 10.5 Å². The molecule has 2 aromatic rings. The van der Waals surface area contributed by atoms with Crippen LogP contribution in [-0.4, -0.2) is 28.9 Å². The van der Waals surface area contributed by atoms with Crippen molar-refractivity contribution in [3.8, 4) is 23.6 Å². The van der Waals surface area contributed by atoms with Gasteiger partial charge in [0.2, 0.25) is 5.78 Å². The highest BCUT2D eigenvalue weighted by atomic mass is 16.5. The highest BCUT2D eigenvalue weighted by Crippen LogP contribution is 2.40. The van der Waals surface area contributed by atoms with Crippen molar-refractivity contribution in [1.82, 2.24) is 4.90 Å². The van der Waals surface area contributed by atoms with Crippen LogP contribution in [-0.2, 0) is 6.54 Å². The number of rotatable bonds is 5. The Labute approximate surface area is 157 Å². The van der Waals surface area contributed by atoms with Gasteiger partial charge in [-0.3, -0.25) is 9.69 Å². The molecular formula is C21H17N3O3. The number of benzene rings is 2. The molecule has 1 heterocycles. The molecule has 27 heavy (non-hydrogen) atoms. The molecule has 0 saturated heterocycles. The number of Topliss-reactive ketones (excluding diaryl/α,β-unsaturated/α-hetero) is 1. The van der Waals surface area contributed by atoms with Gasteiger partial charge in [-0.15, -0.1) is 0 Å². The summed E-state index contributed by atoms with van der Waals surface area (Å²) in [6.07, 6.45) is 1.66. The smallest absolute Gasteiger partial charge is 0.231 e. The van der Waals surface area contributed by atoms with Gasteiger partial charge in [0.05, 0.1) is 36.4 Å². The Balaban J connectivity index is 1.95. The zero-order valence-electron chi connectivity index (χ0n) is 14.8. The minimum absolute atomic E-state index is 0.0245. The average molecular weight is 359 g/mol. The summed E-state index contributed by atoms with van der Waals surface area (Å²) in [6.45, 7) is 2.15. The normalized spacial score (nSPS) is 13.9. The standard InChI is InChI=1S/C21H17N3O3/c1-14-2-4-15(5-3-14)12-19-20(26)16-6-7-18(25)17(21(16)27-19)13-24(10-8-22)11-9-23/h2-7,12,25H,10-11,13H2,1H3. The van der Waals surface area contributed by atoms with Crippen molar-refractivity contribution < 1.29 is 14.6 Å². The van der Waals surface area contributed by atoms with E-state index in [1.165, 1.54) is 12.1 Å². The van der Waals surface area contributed by atoms with Crippen molar-refractivity contribution in [2.24, 2.45) is 0 Å². The largest absolute Gasteiger partial charge is 0.507 e. The second-order valence-electron chi connectivity index (χ2n) is 6.25. The maximum absolute atomic E-state index is 12.7. The second kappa shape index (κ2) is 7.74. The second-order valence-corrected chi connectivity index (χ2v) is 6.25. The number of fused-ring (bicyclic) bond motifs is 1. The molecule has 0 spiro atoms. The van der Waals surface area contributed by atoms with E-state index in [0.717, 1.165) is 11.1 Å². The maximum atomic E-state index is 12.7. The average Bonchev–Trinajstić information content (AvgIpc) is 2.96. The van der Waals surface area contributed by atoms with E-state index in [2.05, 4.69) is 0 Å². The lowest BCUT2D eigenvalue weighted by atomic mass is 10.0. The summed E-state index contributed by atoms with van der Waals surface area (Å²) in [5.74, 6) is 0.144. The molecule has 3 rings (SSSR count). The van der Waals surface area contributed by atoms with Crippen molar-refractivity contribution in [3.63, 3.8) is 0 Å². The molecule has 0 unspecified atom stereocenters. The fourth-order valence-electron chi connectivity index (χ4n) is 2.86. The molecule has 0 atom stereocenters.